The summed E-state index contributed by atoms with van der Waals surface area (Å²) in [6.07, 6.45) is -0.221. The molecular weight excluding hydrogens is 653 g/mol. The van der Waals surface area contributed by atoms with Crippen LogP contribution in [0.25, 0.3) is 0 Å². The van der Waals surface area contributed by atoms with Crippen LogP contribution in [0.1, 0.15) is 50.1 Å². The van der Waals surface area contributed by atoms with Crippen LogP contribution in [0.3, 0.4) is 0 Å². The second kappa shape index (κ2) is 12.9. The smallest absolute Gasteiger partial charge is 0.351 e. The Labute approximate surface area is 273 Å². The van der Waals surface area contributed by atoms with Crippen molar-refractivity contribution in [3.63, 3.8) is 0 Å². The Balaban J connectivity index is 1.69. The van der Waals surface area contributed by atoms with E-state index in [4.69, 9.17) is 19.6 Å². The molecule has 2 N–H and O–H groups in total. The number of hydrogen-bond acceptors (Lipinski definition) is 6. The zero-order chi connectivity index (χ0) is 32.5. The van der Waals surface area contributed by atoms with Crippen molar-refractivity contribution in [3.05, 3.63) is 130 Å². The van der Waals surface area contributed by atoms with E-state index in [0.29, 0.717) is 5.33 Å². The molecule has 0 bridgehead atoms. The lowest BCUT2D eigenvalue weighted by Crippen LogP contribution is -2.54. The Kier molecular flexibility index (Phi) is 9.54. The number of nitrogen functional groups attached to an aromatic ring is 1. The van der Waals surface area contributed by atoms with Crippen molar-refractivity contribution in [2.45, 2.75) is 68.9 Å². The van der Waals surface area contributed by atoms with Crippen molar-refractivity contribution in [2.24, 2.45) is 0 Å². The molecule has 0 radical (unpaired) electrons. The van der Waals surface area contributed by atoms with E-state index in [0.717, 1.165) is 27.5 Å². The highest BCUT2D eigenvalue weighted by Crippen LogP contribution is 2.49. The number of anilines is 1. The third-order valence-electron chi connectivity index (χ3n) is 9.19. The number of aromatic nitrogens is 2. The number of halogens is 2. The molecule has 1 aromatic heterocycles. The first-order chi connectivity index (χ1) is 21.3. The molecule has 1 saturated heterocycles. The molecule has 10 heteroatoms. The number of benzene rings is 3. The van der Waals surface area contributed by atoms with Crippen LogP contribution in [-0.2, 0) is 19.5 Å². The minimum atomic E-state index is -2.26. The van der Waals surface area contributed by atoms with Crippen LogP contribution >= 0.6 is 15.9 Å². The largest absolute Gasteiger partial charge is 0.414 e. The van der Waals surface area contributed by atoms with Crippen molar-refractivity contribution in [1.29, 1.82) is 0 Å². The van der Waals surface area contributed by atoms with Crippen LogP contribution in [0.2, 0.25) is 18.1 Å². The minimum absolute atomic E-state index is 0.0579. The Bertz CT molecular complexity index is 1550. The Morgan fingerprint density at radius 1 is 0.978 bits per heavy atom. The number of rotatable bonds is 10. The maximum atomic E-state index is 14.7. The molecule has 238 valence electrons. The van der Waals surface area contributed by atoms with Gasteiger partial charge in [-0.15, -0.1) is 0 Å². The molecule has 1 fully saturated rings. The molecule has 0 saturated carbocycles. The van der Waals surface area contributed by atoms with Crippen LogP contribution in [0.4, 0.5) is 10.2 Å². The standard InChI is InChI=1S/C35H41BrFN3O4Si/c1-33(2,3)45(4,5)42-24-34(23-36)29(21-30(44-34)40-22-28(37)31(38)39-32(40)41)43-35(25-15-9-6-10-16-25,26-17-11-7-12-18-26)27-19-13-8-14-20-27/h6-20,22,29-30H,21,23-24H2,1-5H3,(H2,38,39,41)/t29-,30+,34+/m0/s1. The average molecular weight is 695 g/mol. The highest BCUT2D eigenvalue weighted by atomic mass is 79.9. The summed E-state index contributed by atoms with van der Waals surface area (Å²) in [5, 5.41) is 0.279. The van der Waals surface area contributed by atoms with Gasteiger partial charge in [0.15, 0.2) is 20.0 Å². The van der Waals surface area contributed by atoms with Gasteiger partial charge in [0.2, 0.25) is 0 Å². The van der Waals surface area contributed by atoms with E-state index in [-0.39, 0.29) is 18.1 Å². The Morgan fingerprint density at radius 3 is 1.91 bits per heavy atom. The summed E-state index contributed by atoms with van der Waals surface area (Å²) in [5.41, 5.74) is 5.59. The summed E-state index contributed by atoms with van der Waals surface area (Å²) in [5.74, 6) is -1.25. The average Bonchev–Trinajstić information content (AvgIpc) is 3.39. The third-order valence-corrected chi connectivity index (χ3v) is 14.6. The van der Waals surface area contributed by atoms with E-state index in [1.807, 2.05) is 54.6 Å². The molecular formula is C35H41BrFN3O4Si. The summed E-state index contributed by atoms with van der Waals surface area (Å²) in [6.45, 7) is 11.1. The molecule has 7 nitrogen and oxygen atoms in total. The number of ether oxygens (including phenoxy) is 2. The molecule has 4 aromatic rings. The van der Waals surface area contributed by atoms with Gasteiger partial charge in [0.1, 0.15) is 17.4 Å². The predicted molar refractivity (Wildman–Crippen MR) is 181 cm³/mol. The molecule has 0 amide bonds. The van der Waals surface area contributed by atoms with Gasteiger partial charge in [-0.2, -0.15) is 4.98 Å². The van der Waals surface area contributed by atoms with E-state index in [9.17, 15) is 9.18 Å². The van der Waals surface area contributed by atoms with Gasteiger partial charge in [0, 0.05) is 11.8 Å². The van der Waals surface area contributed by atoms with Gasteiger partial charge in [-0.25, -0.2) is 9.18 Å². The topological polar surface area (TPSA) is 88.6 Å². The molecule has 2 heterocycles. The molecule has 3 atom stereocenters. The van der Waals surface area contributed by atoms with Crippen molar-refractivity contribution >= 4 is 30.1 Å². The quantitative estimate of drug-likeness (QED) is 0.106. The summed E-state index contributed by atoms with van der Waals surface area (Å²) in [6, 6.07) is 30.2. The van der Waals surface area contributed by atoms with Crippen molar-refractivity contribution in [2.75, 3.05) is 17.7 Å². The lowest BCUT2D eigenvalue weighted by Gasteiger charge is -2.44. The number of alkyl halides is 1. The molecule has 3 aromatic carbocycles. The number of nitrogens with zero attached hydrogens (tertiary/aromatic N) is 2. The van der Waals surface area contributed by atoms with E-state index in [1.165, 1.54) is 0 Å². The van der Waals surface area contributed by atoms with Crippen LogP contribution in [0.5, 0.6) is 0 Å². The summed E-state index contributed by atoms with van der Waals surface area (Å²) >= 11 is 3.75. The fraction of sp³-hybridized carbons (Fsp3) is 0.371. The lowest BCUT2D eigenvalue weighted by atomic mass is 9.79. The van der Waals surface area contributed by atoms with Gasteiger partial charge >= 0.3 is 5.69 Å². The number of hydrogen-bond donors (Lipinski definition) is 1. The number of nitrogens with two attached hydrogens (primary N) is 1. The highest BCUT2D eigenvalue weighted by molar-refractivity contribution is 9.09. The first-order valence-electron chi connectivity index (χ1n) is 15.1. The van der Waals surface area contributed by atoms with Gasteiger partial charge < -0.3 is 19.6 Å². The second-order valence-corrected chi connectivity index (χ2v) is 18.5. The summed E-state index contributed by atoms with van der Waals surface area (Å²) < 4.78 is 36.9. The van der Waals surface area contributed by atoms with Crippen LogP contribution in [0, 0.1) is 5.82 Å². The maximum absolute atomic E-state index is 14.7. The summed E-state index contributed by atoms with van der Waals surface area (Å²) in [7, 11) is -2.26. The normalized spacial score (nSPS) is 20.8. The monoisotopic (exact) mass is 693 g/mol. The molecule has 45 heavy (non-hydrogen) atoms. The van der Waals surface area contributed by atoms with Gasteiger partial charge in [0.25, 0.3) is 0 Å². The minimum Gasteiger partial charge on any atom is -0.414 e. The first kappa shape index (κ1) is 33.2. The first-order valence-corrected chi connectivity index (χ1v) is 19.1. The van der Waals surface area contributed by atoms with E-state index in [1.54, 1.807) is 0 Å². The van der Waals surface area contributed by atoms with E-state index < -0.39 is 49.2 Å². The van der Waals surface area contributed by atoms with Crippen LogP contribution in [0.15, 0.2) is 102 Å². The zero-order valence-corrected chi connectivity index (χ0v) is 29.0. The summed E-state index contributed by atoms with van der Waals surface area (Å²) in [4.78, 5) is 16.7. The molecule has 1 aliphatic heterocycles. The van der Waals surface area contributed by atoms with Gasteiger partial charge in [-0.1, -0.05) is 128 Å². The van der Waals surface area contributed by atoms with Crippen molar-refractivity contribution < 1.29 is 18.3 Å². The fourth-order valence-corrected chi connectivity index (χ4v) is 7.21. The molecule has 1 aliphatic rings. The van der Waals surface area contributed by atoms with Crippen molar-refractivity contribution in [3.8, 4) is 0 Å². The van der Waals surface area contributed by atoms with Gasteiger partial charge in [0.05, 0.1) is 18.9 Å². The fourth-order valence-electron chi connectivity index (χ4n) is 5.52. The molecule has 0 spiro atoms. The van der Waals surface area contributed by atoms with E-state index in [2.05, 4.69) is 91.2 Å². The van der Waals surface area contributed by atoms with Gasteiger partial charge in [-0.3, -0.25) is 4.57 Å². The highest BCUT2D eigenvalue weighted by Gasteiger charge is 2.55. The zero-order valence-electron chi connectivity index (χ0n) is 26.4. The Hall–Kier alpha value is -3.15. The molecule has 0 unspecified atom stereocenters. The lowest BCUT2D eigenvalue weighted by molar-refractivity contribution is -0.149. The van der Waals surface area contributed by atoms with Crippen LogP contribution < -0.4 is 11.4 Å². The maximum Gasteiger partial charge on any atom is 0.351 e. The second-order valence-electron chi connectivity index (χ2n) is 13.1. The predicted octanol–water partition coefficient (Wildman–Crippen LogP) is 7.42. The molecule has 5 rings (SSSR count). The Morgan fingerprint density at radius 2 is 1.47 bits per heavy atom. The SMILES string of the molecule is CC(C)(C)[Si](C)(C)OC[C@@]1(CBr)O[C@@H](n2cc(F)c(N)nc2=O)C[C@@H]1OC(c1ccccc1)(c1ccccc1)c1ccccc1. The molecule has 0 aliphatic carbocycles. The van der Waals surface area contributed by atoms with E-state index >= 15 is 0 Å². The van der Waals surface area contributed by atoms with Crippen LogP contribution in [-0.4, -0.2) is 41.5 Å². The van der Waals surface area contributed by atoms with Gasteiger partial charge in [-0.05, 0) is 34.8 Å². The third kappa shape index (κ3) is 6.44. The van der Waals surface area contributed by atoms with Crippen molar-refractivity contribution in [1.82, 2.24) is 9.55 Å².